The van der Waals surface area contributed by atoms with Crippen molar-refractivity contribution in [3.05, 3.63) is 28.3 Å². The maximum atomic E-state index is 14.1. The van der Waals surface area contributed by atoms with Gasteiger partial charge in [0.25, 0.3) is 0 Å². The lowest BCUT2D eigenvalue weighted by Crippen LogP contribution is -2.48. The van der Waals surface area contributed by atoms with E-state index in [-0.39, 0.29) is 17.6 Å². The number of benzene rings is 1. The maximum absolute atomic E-state index is 14.1. The molecule has 0 aromatic heterocycles. The molecule has 1 saturated carbocycles. The molecule has 1 fully saturated rings. The van der Waals surface area contributed by atoms with E-state index < -0.39 is 6.17 Å². The van der Waals surface area contributed by atoms with Gasteiger partial charge >= 0.3 is 0 Å². The Labute approximate surface area is 161 Å². The first-order chi connectivity index (χ1) is 12.4. The molecule has 1 aliphatic heterocycles. The summed E-state index contributed by atoms with van der Waals surface area (Å²) in [5.41, 5.74) is 8.14. The van der Waals surface area contributed by atoms with Gasteiger partial charge in [-0.1, -0.05) is 32.4 Å². The molecule has 0 spiro atoms. The van der Waals surface area contributed by atoms with E-state index in [1.165, 1.54) is 6.21 Å². The average Bonchev–Trinajstić information content (AvgIpc) is 2.63. The van der Waals surface area contributed by atoms with Crippen LogP contribution in [0.3, 0.4) is 0 Å². The fraction of sp³-hybridized carbons (Fsp3) is 0.667. The van der Waals surface area contributed by atoms with Crippen LogP contribution in [0, 0.1) is 11.3 Å². The average molecular weight is 381 g/mol. The van der Waals surface area contributed by atoms with Crippen molar-refractivity contribution in [2.75, 3.05) is 0 Å². The molecule has 3 rings (SSSR count). The van der Waals surface area contributed by atoms with Gasteiger partial charge in [-0.25, -0.2) is 4.39 Å². The van der Waals surface area contributed by atoms with Gasteiger partial charge < -0.3 is 10.5 Å². The van der Waals surface area contributed by atoms with E-state index in [1.807, 2.05) is 0 Å². The first-order valence-electron chi connectivity index (χ1n) is 9.76. The third-order valence-corrected chi connectivity index (χ3v) is 6.77. The summed E-state index contributed by atoms with van der Waals surface area (Å²) >= 11 is 6.39. The molecule has 2 atom stereocenters. The van der Waals surface area contributed by atoms with E-state index in [4.69, 9.17) is 22.1 Å². The number of aliphatic imine (C=N–C) groups is 1. The lowest BCUT2D eigenvalue weighted by Gasteiger charge is -2.47. The van der Waals surface area contributed by atoms with Gasteiger partial charge in [0, 0.05) is 17.8 Å². The molecule has 0 radical (unpaired) electrons. The Morgan fingerprint density at radius 2 is 2.04 bits per heavy atom. The molecule has 2 unspecified atom stereocenters. The van der Waals surface area contributed by atoms with Gasteiger partial charge in [0.15, 0.2) is 6.17 Å². The van der Waals surface area contributed by atoms with E-state index >= 15 is 0 Å². The molecule has 1 aromatic carbocycles. The largest absolute Gasteiger partial charge is 0.489 e. The van der Waals surface area contributed by atoms with Crippen molar-refractivity contribution >= 4 is 17.8 Å². The van der Waals surface area contributed by atoms with Gasteiger partial charge in [-0.05, 0) is 61.1 Å². The lowest BCUT2D eigenvalue weighted by atomic mass is 9.62. The van der Waals surface area contributed by atoms with E-state index in [0.717, 1.165) is 37.7 Å². The zero-order valence-electron chi connectivity index (χ0n) is 16.0. The summed E-state index contributed by atoms with van der Waals surface area (Å²) in [4.78, 5) is 4.03. The SMILES string of the molecule is CCC(N)C1(C(C)C)CCC(Oc2cc3c(cc2Cl)CN=CC3F)CC1. The van der Waals surface area contributed by atoms with Crippen LogP contribution in [0.1, 0.15) is 70.2 Å². The van der Waals surface area contributed by atoms with Gasteiger partial charge in [-0.2, -0.15) is 0 Å². The molecule has 3 nitrogen and oxygen atoms in total. The Bertz CT molecular complexity index is 668. The maximum Gasteiger partial charge on any atom is 0.160 e. The van der Waals surface area contributed by atoms with Gasteiger partial charge in [0.05, 0.1) is 17.7 Å². The van der Waals surface area contributed by atoms with Gasteiger partial charge in [-0.15, -0.1) is 0 Å². The predicted molar refractivity (Wildman–Crippen MR) is 106 cm³/mol. The fourth-order valence-corrected chi connectivity index (χ4v) is 4.86. The Hall–Kier alpha value is -1.13. The topological polar surface area (TPSA) is 47.6 Å². The molecule has 2 N–H and O–H groups in total. The number of nitrogens with zero attached hydrogens (tertiary/aromatic N) is 1. The van der Waals surface area contributed by atoms with Gasteiger partial charge in [0.2, 0.25) is 0 Å². The highest BCUT2D eigenvalue weighted by atomic mass is 35.5. The summed E-state index contributed by atoms with van der Waals surface area (Å²) in [6.45, 7) is 7.20. The quantitative estimate of drug-likeness (QED) is 0.718. The smallest absolute Gasteiger partial charge is 0.160 e. The molecular formula is C21H30ClFN2O. The van der Waals surface area contributed by atoms with Crippen LogP contribution in [-0.2, 0) is 6.54 Å². The fourth-order valence-electron chi connectivity index (χ4n) is 4.63. The molecule has 0 amide bonds. The second kappa shape index (κ2) is 7.85. The third kappa shape index (κ3) is 3.63. The van der Waals surface area contributed by atoms with E-state index in [9.17, 15) is 4.39 Å². The number of fused-ring (bicyclic) bond motifs is 1. The lowest BCUT2D eigenvalue weighted by molar-refractivity contribution is 0.0256. The first kappa shape index (κ1) is 19.6. The summed E-state index contributed by atoms with van der Waals surface area (Å²) in [6, 6.07) is 3.78. The number of alkyl halides is 1. The number of hydrogen-bond donors (Lipinski definition) is 1. The van der Waals surface area contributed by atoms with Crippen molar-refractivity contribution in [3.8, 4) is 5.75 Å². The molecule has 1 aromatic rings. The molecule has 1 aliphatic carbocycles. The number of halogens is 2. The van der Waals surface area contributed by atoms with Crippen LogP contribution < -0.4 is 10.5 Å². The highest BCUT2D eigenvalue weighted by Gasteiger charge is 2.42. The van der Waals surface area contributed by atoms with Crippen LogP contribution in [0.5, 0.6) is 5.75 Å². The third-order valence-electron chi connectivity index (χ3n) is 6.47. The summed E-state index contributed by atoms with van der Waals surface area (Å²) in [5.74, 6) is 1.14. The summed E-state index contributed by atoms with van der Waals surface area (Å²) in [7, 11) is 0. The standard InChI is InChI=1S/C21H30ClFN2O/c1-4-20(24)21(13(2)3)7-5-15(6-8-21)26-19-10-16-14(9-17(19)22)11-25-12-18(16)23/h9-10,12-13,15,18,20H,4-8,11,24H2,1-3H3. The summed E-state index contributed by atoms with van der Waals surface area (Å²) in [6.07, 6.45) is 5.32. The second-order valence-corrected chi connectivity index (χ2v) is 8.50. The van der Waals surface area contributed by atoms with Crippen LogP contribution >= 0.6 is 11.6 Å². The molecule has 26 heavy (non-hydrogen) atoms. The van der Waals surface area contributed by atoms with Crippen molar-refractivity contribution in [1.82, 2.24) is 0 Å². The van der Waals surface area contributed by atoms with Gasteiger partial charge in [0.1, 0.15) is 5.75 Å². The van der Waals surface area contributed by atoms with Crippen molar-refractivity contribution in [3.63, 3.8) is 0 Å². The van der Waals surface area contributed by atoms with Crippen LogP contribution in [0.2, 0.25) is 5.02 Å². The van der Waals surface area contributed by atoms with Crippen molar-refractivity contribution in [1.29, 1.82) is 0 Å². The van der Waals surface area contributed by atoms with Crippen molar-refractivity contribution < 1.29 is 9.13 Å². The normalized spacial score (nSPS) is 29.5. The minimum atomic E-state index is -1.18. The van der Waals surface area contributed by atoms with Gasteiger partial charge in [-0.3, -0.25) is 4.99 Å². The zero-order valence-corrected chi connectivity index (χ0v) is 16.7. The predicted octanol–water partition coefficient (Wildman–Crippen LogP) is 5.64. The summed E-state index contributed by atoms with van der Waals surface area (Å²) < 4.78 is 20.3. The molecule has 1 heterocycles. The Morgan fingerprint density at radius 3 is 2.65 bits per heavy atom. The van der Waals surface area contributed by atoms with E-state index in [2.05, 4.69) is 25.8 Å². The zero-order chi connectivity index (χ0) is 18.9. The van der Waals surface area contributed by atoms with E-state index in [0.29, 0.717) is 28.8 Å². The first-order valence-corrected chi connectivity index (χ1v) is 10.1. The molecule has 0 saturated heterocycles. The number of rotatable bonds is 5. The number of ether oxygens (including phenoxy) is 1. The molecule has 5 heteroatoms. The Balaban J connectivity index is 1.71. The highest BCUT2D eigenvalue weighted by Crippen LogP contribution is 2.46. The van der Waals surface area contributed by atoms with Crippen molar-refractivity contribution in [2.24, 2.45) is 22.1 Å². The molecular weight excluding hydrogens is 351 g/mol. The second-order valence-electron chi connectivity index (χ2n) is 8.09. The minimum absolute atomic E-state index is 0.108. The number of nitrogens with two attached hydrogens (primary N) is 1. The molecule has 144 valence electrons. The Kier molecular flexibility index (Phi) is 5.93. The minimum Gasteiger partial charge on any atom is -0.489 e. The monoisotopic (exact) mass is 380 g/mol. The van der Waals surface area contributed by atoms with Crippen molar-refractivity contribution in [2.45, 2.75) is 77.7 Å². The summed E-state index contributed by atoms with van der Waals surface area (Å²) in [5, 5.41) is 0.541. The van der Waals surface area contributed by atoms with E-state index in [1.54, 1.807) is 12.1 Å². The van der Waals surface area contributed by atoms with Crippen LogP contribution in [-0.4, -0.2) is 18.4 Å². The van der Waals surface area contributed by atoms with Crippen LogP contribution in [0.25, 0.3) is 0 Å². The highest BCUT2D eigenvalue weighted by molar-refractivity contribution is 6.32. The molecule has 2 aliphatic rings. The number of hydrogen-bond acceptors (Lipinski definition) is 3. The molecule has 0 bridgehead atoms. The Morgan fingerprint density at radius 1 is 1.35 bits per heavy atom. The van der Waals surface area contributed by atoms with Crippen LogP contribution in [0.15, 0.2) is 17.1 Å². The van der Waals surface area contributed by atoms with Crippen LogP contribution in [0.4, 0.5) is 4.39 Å².